The van der Waals surface area contributed by atoms with Crippen LogP contribution >= 0.6 is 22.7 Å². The number of aryl methyl sites for hydroxylation is 1. The van der Waals surface area contributed by atoms with Gasteiger partial charge in [0.05, 0.1) is 6.04 Å². The van der Waals surface area contributed by atoms with Gasteiger partial charge < -0.3 is 9.73 Å². The number of aromatic nitrogens is 1. The van der Waals surface area contributed by atoms with Gasteiger partial charge in [-0.2, -0.15) is 0 Å². The topological polar surface area (TPSA) is 55.1 Å². The van der Waals surface area contributed by atoms with Crippen LogP contribution in [0.3, 0.4) is 0 Å². The summed E-state index contributed by atoms with van der Waals surface area (Å²) in [5, 5.41) is 7.42. The number of nitrogens with zero attached hydrogens (tertiary/aromatic N) is 1. The van der Waals surface area contributed by atoms with E-state index < -0.39 is 0 Å². The third kappa shape index (κ3) is 3.06. The van der Waals surface area contributed by atoms with Crippen LogP contribution < -0.4 is 5.32 Å². The molecule has 108 valence electrons. The molecule has 0 saturated heterocycles. The van der Waals surface area contributed by atoms with Crippen molar-refractivity contribution in [2.24, 2.45) is 0 Å². The number of carbonyl (C=O) groups excluding carboxylic acids is 1. The fourth-order valence-electron chi connectivity index (χ4n) is 1.92. The molecule has 0 aliphatic rings. The summed E-state index contributed by atoms with van der Waals surface area (Å²) in [5.41, 5.74) is 0.424. The molecule has 4 nitrogen and oxygen atoms in total. The van der Waals surface area contributed by atoms with Gasteiger partial charge in [0.1, 0.15) is 11.5 Å². The third-order valence-corrected chi connectivity index (χ3v) is 4.92. The lowest BCUT2D eigenvalue weighted by atomic mass is 10.2. The Bertz CT molecular complexity index is 743. The Labute approximate surface area is 130 Å². The first kappa shape index (κ1) is 14.0. The highest BCUT2D eigenvalue weighted by atomic mass is 32.1. The standard InChI is InChI=1S/C15H14N2O2S2/c1-9-5-6-12(19-9)15-17-11(8-21-15)14(18)16-10(2)13-4-3-7-20-13/h3-8,10H,1-2H3,(H,16,18)/t10-/m1/s1. The van der Waals surface area contributed by atoms with E-state index in [1.165, 1.54) is 11.3 Å². The van der Waals surface area contributed by atoms with E-state index >= 15 is 0 Å². The quantitative estimate of drug-likeness (QED) is 0.782. The van der Waals surface area contributed by atoms with Crippen molar-refractivity contribution in [2.75, 3.05) is 0 Å². The minimum atomic E-state index is -0.165. The van der Waals surface area contributed by atoms with Gasteiger partial charge in [-0.15, -0.1) is 22.7 Å². The second kappa shape index (κ2) is 5.83. The van der Waals surface area contributed by atoms with Crippen LogP contribution in [0.4, 0.5) is 0 Å². The number of thiophene rings is 1. The third-order valence-electron chi connectivity index (χ3n) is 3.01. The van der Waals surface area contributed by atoms with Gasteiger partial charge in [0, 0.05) is 10.3 Å². The lowest BCUT2D eigenvalue weighted by Gasteiger charge is -2.10. The van der Waals surface area contributed by atoms with Crippen molar-refractivity contribution in [3.63, 3.8) is 0 Å². The summed E-state index contributed by atoms with van der Waals surface area (Å²) in [6.45, 7) is 3.85. The Kier molecular flexibility index (Phi) is 3.90. The lowest BCUT2D eigenvalue weighted by molar-refractivity contribution is 0.0936. The Morgan fingerprint density at radius 3 is 2.86 bits per heavy atom. The molecule has 0 aliphatic carbocycles. The lowest BCUT2D eigenvalue weighted by Crippen LogP contribution is -2.26. The van der Waals surface area contributed by atoms with Crippen LogP contribution in [0.2, 0.25) is 0 Å². The van der Waals surface area contributed by atoms with Crippen LogP contribution in [-0.4, -0.2) is 10.9 Å². The summed E-state index contributed by atoms with van der Waals surface area (Å²) in [6, 6.07) is 7.71. The molecule has 1 amide bonds. The van der Waals surface area contributed by atoms with Gasteiger partial charge in [-0.05, 0) is 37.4 Å². The van der Waals surface area contributed by atoms with E-state index in [-0.39, 0.29) is 11.9 Å². The van der Waals surface area contributed by atoms with Crippen molar-refractivity contribution in [1.82, 2.24) is 10.3 Å². The Hall–Kier alpha value is -1.92. The summed E-state index contributed by atoms with van der Waals surface area (Å²) < 4.78 is 5.52. The minimum Gasteiger partial charge on any atom is -0.459 e. The molecular weight excluding hydrogens is 304 g/mol. The Balaban J connectivity index is 1.72. The molecule has 0 saturated carbocycles. The van der Waals surface area contributed by atoms with E-state index in [9.17, 15) is 4.79 Å². The summed E-state index contributed by atoms with van der Waals surface area (Å²) >= 11 is 3.03. The van der Waals surface area contributed by atoms with E-state index in [0.717, 1.165) is 15.6 Å². The number of thiazole rings is 1. The molecule has 0 bridgehead atoms. The fourth-order valence-corrected chi connectivity index (χ4v) is 3.41. The number of amides is 1. The van der Waals surface area contributed by atoms with E-state index in [1.54, 1.807) is 16.7 Å². The first-order valence-electron chi connectivity index (χ1n) is 6.50. The van der Waals surface area contributed by atoms with Gasteiger partial charge >= 0.3 is 0 Å². The normalized spacial score (nSPS) is 12.3. The first-order valence-corrected chi connectivity index (χ1v) is 8.26. The van der Waals surface area contributed by atoms with Crippen LogP contribution in [-0.2, 0) is 0 Å². The van der Waals surface area contributed by atoms with E-state index in [0.29, 0.717) is 11.5 Å². The van der Waals surface area contributed by atoms with Gasteiger partial charge in [0.15, 0.2) is 10.8 Å². The van der Waals surface area contributed by atoms with Gasteiger partial charge in [0.2, 0.25) is 0 Å². The molecular formula is C15H14N2O2S2. The average Bonchev–Trinajstić information content (AvgIpc) is 3.19. The van der Waals surface area contributed by atoms with Crippen molar-refractivity contribution in [2.45, 2.75) is 19.9 Å². The second-order valence-corrected chi connectivity index (χ2v) is 6.50. The van der Waals surface area contributed by atoms with Crippen LogP contribution in [0.1, 0.15) is 34.1 Å². The van der Waals surface area contributed by atoms with Crippen LogP contribution in [0.5, 0.6) is 0 Å². The van der Waals surface area contributed by atoms with Gasteiger partial charge in [-0.25, -0.2) is 4.98 Å². The van der Waals surface area contributed by atoms with Gasteiger partial charge in [-0.1, -0.05) is 6.07 Å². The zero-order valence-electron chi connectivity index (χ0n) is 11.6. The summed E-state index contributed by atoms with van der Waals surface area (Å²) in [4.78, 5) is 17.7. The second-order valence-electron chi connectivity index (χ2n) is 4.66. The Morgan fingerprint density at radius 1 is 1.33 bits per heavy atom. The van der Waals surface area contributed by atoms with Crippen molar-refractivity contribution < 1.29 is 9.21 Å². The maximum Gasteiger partial charge on any atom is 0.271 e. The molecule has 3 aromatic rings. The highest BCUT2D eigenvalue weighted by Gasteiger charge is 2.16. The highest BCUT2D eigenvalue weighted by molar-refractivity contribution is 7.13. The zero-order valence-corrected chi connectivity index (χ0v) is 13.3. The highest BCUT2D eigenvalue weighted by Crippen LogP contribution is 2.26. The molecule has 3 heterocycles. The van der Waals surface area contributed by atoms with Crippen LogP contribution in [0, 0.1) is 6.92 Å². The smallest absolute Gasteiger partial charge is 0.271 e. The predicted molar refractivity (Wildman–Crippen MR) is 84.8 cm³/mol. The number of hydrogen-bond donors (Lipinski definition) is 1. The van der Waals surface area contributed by atoms with Crippen molar-refractivity contribution in [3.8, 4) is 10.8 Å². The molecule has 21 heavy (non-hydrogen) atoms. The SMILES string of the molecule is Cc1ccc(-c2nc(C(=O)N[C@H](C)c3cccs3)cs2)o1. The van der Waals surface area contributed by atoms with E-state index in [2.05, 4.69) is 10.3 Å². The molecule has 1 N–H and O–H groups in total. The predicted octanol–water partition coefficient (Wildman–Crippen LogP) is 4.26. The molecule has 3 aromatic heterocycles. The Morgan fingerprint density at radius 2 is 2.19 bits per heavy atom. The summed E-state index contributed by atoms with van der Waals surface area (Å²) in [7, 11) is 0. The number of carbonyl (C=O) groups is 1. The zero-order chi connectivity index (χ0) is 14.8. The number of hydrogen-bond acceptors (Lipinski definition) is 5. The molecule has 0 spiro atoms. The number of furan rings is 1. The van der Waals surface area contributed by atoms with Crippen LogP contribution in [0.25, 0.3) is 10.8 Å². The number of nitrogens with one attached hydrogen (secondary N) is 1. The number of rotatable bonds is 4. The molecule has 0 aromatic carbocycles. The van der Waals surface area contributed by atoms with Crippen LogP contribution in [0.15, 0.2) is 39.4 Å². The maximum atomic E-state index is 12.2. The molecule has 0 unspecified atom stereocenters. The molecule has 3 rings (SSSR count). The minimum absolute atomic E-state index is 0.0199. The van der Waals surface area contributed by atoms with Crippen molar-refractivity contribution >= 4 is 28.6 Å². The van der Waals surface area contributed by atoms with Crippen molar-refractivity contribution in [3.05, 3.63) is 51.4 Å². The molecule has 0 fully saturated rings. The molecule has 1 atom stereocenters. The first-order chi connectivity index (χ1) is 10.1. The van der Waals surface area contributed by atoms with E-state index in [4.69, 9.17) is 4.42 Å². The van der Waals surface area contributed by atoms with Gasteiger partial charge in [-0.3, -0.25) is 4.79 Å². The average molecular weight is 318 g/mol. The monoisotopic (exact) mass is 318 g/mol. The fraction of sp³-hybridized carbons (Fsp3) is 0.200. The molecule has 0 radical (unpaired) electrons. The maximum absolute atomic E-state index is 12.2. The molecule has 0 aliphatic heterocycles. The summed E-state index contributed by atoms with van der Waals surface area (Å²) in [6.07, 6.45) is 0. The summed E-state index contributed by atoms with van der Waals surface area (Å²) in [5.74, 6) is 1.36. The van der Waals surface area contributed by atoms with E-state index in [1.807, 2.05) is 43.5 Å². The largest absolute Gasteiger partial charge is 0.459 e. The van der Waals surface area contributed by atoms with Crippen molar-refractivity contribution in [1.29, 1.82) is 0 Å². The van der Waals surface area contributed by atoms with Gasteiger partial charge in [0.25, 0.3) is 5.91 Å². The molecule has 6 heteroatoms.